The van der Waals surface area contributed by atoms with E-state index >= 15 is 0 Å². The van der Waals surface area contributed by atoms with Crippen LogP contribution >= 0.6 is 23.4 Å². The van der Waals surface area contributed by atoms with Gasteiger partial charge in [0.2, 0.25) is 5.28 Å². The van der Waals surface area contributed by atoms with Gasteiger partial charge < -0.3 is 10.0 Å². The number of halogens is 1. The Balaban J connectivity index is 2.12. The standard InChI is InChI=1S/C9H10ClN3O2S/c10-9-11-2-1-7(12-9)13-3-4-16-6(5-13)8(14)15/h1-2,6H,3-5H2,(H,14,15). The molecular weight excluding hydrogens is 250 g/mol. The lowest BCUT2D eigenvalue weighted by Crippen LogP contribution is -2.41. The third kappa shape index (κ3) is 2.56. The van der Waals surface area contributed by atoms with Crippen LogP contribution in [-0.4, -0.2) is 45.1 Å². The molecule has 0 saturated carbocycles. The Morgan fingerprint density at radius 2 is 2.50 bits per heavy atom. The summed E-state index contributed by atoms with van der Waals surface area (Å²) in [5.41, 5.74) is 0. The third-order valence-electron chi connectivity index (χ3n) is 2.28. The van der Waals surface area contributed by atoms with E-state index in [1.807, 2.05) is 4.90 Å². The lowest BCUT2D eigenvalue weighted by atomic mass is 10.3. The summed E-state index contributed by atoms with van der Waals surface area (Å²) in [6.07, 6.45) is 1.57. The minimum atomic E-state index is -0.783. The summed E-state index contributed by atoms with van der Waals surface area (Å²) < 4.78 is 0. The maximum atomic E-state index is 10.9. The fourth-order valence-electron chi connectivity index (χ4n) is 1.51. The minimum Gasteiger partial charge on any atom is -0.480 e. The van der Waals surface area contributed by atoms with Crippen LogP contribution in [0.5, 0.6) is 0 Å². The van der Waals surface area contributed by atoms with Crippen LogP contribution in [0, 0.1) is 0 Å². The van der Waals surface area contributed by atoms with Gasteiger partial charge in [-0.25, -0.2) is 9.97 Å². The number of rotatable bonds is 2. The van der Waals surface area contributed by atoms with E-state index < -0.39 is 11.2 Å². The van der Waals surface area contributed by atoms with Gasteiger partial charge in [0.15, 0.2) is 0 Å². The van der Waals surface area contributed by atoms with Crippen LogP contribution in [0.3, 0.4) is 0 Å². The van der Waals surface area contributed by atoms with Gasteiger partial charge in [-0.05, 0) is 17.7 Å². The topological polar surface area (TPSA) is 66.3 Å². The second kappa shape index (κ2) is 4.88. The Hall–Kier alpha value is -1.01. The van der Waals surface area contributed by atoms with Crippen LogP contribution < -0.4 is 4.90 Å². The number of hydrogen-bond acceptors (Lipinski definition) is 5. The second-order valence-corrected chi connectivity index (χ2v) is 4.98. The van der Waals surface area contributed by atoms with E-state index in [9.17, 15) is 4.79 Å². The molecule has 1 aliphatic rings. The van der Waals surface area contributed by atoms with E-state index in [1.165, 1.54) is 11.8 Å². The Morgan fingerprint density at radius 3 is 3.19 bits per heavy atom. The van der Waals surface area contributed by atoms with E-state index in [0.29, 0.717) is 12.4 Å². The van der Waals surface area contributed by atoms with Crippen LogP contribution in [0.1, 0.15) is 0 Å². The Labute approximate surface area is 102 Å². The molecule has 0 aromatic carbocycles. The number of carboxylic acids is 1. The molecule has 2 heterocycles. The molecule has 86 valence electrons. The van der Waals surface area contributed by atoms with Gasteiger partial charge in [-0.2, -0.15) is 0 Å². The van der Waals surface area contributed by atoms with Crippen LogP contribution in [-0.2, 0) is 4.79 Å². The van der Waals surface area contributed by atoms with Gasteiger partial charge in [-0.1, -0.05) is 0 Å². The van der Waals surface area contributed by atoms with Crippen molar-refractivity contribution >= 4 is 35.1 Å². The number of hydrogen-bond donors (Lipinski definition) is 1. The molecule has 1 fully saturated rings. The monoisotopic (exact) mass is 259 g/mol. The summed E-state index contributed by atoms with van der Waals surface area (Å²) >= 11 is 7.15. The van der Waals surface area contributed by atoms with E-state index in [0.717, 1.165) is 12.3 Å². The minimum absolute atomic E-state index is 0.183. The Morgan fingerprint density at radius 1 is 1.69 bits per heavy atom. The molecule has 0 bridgehead atoms. The van der Waals surface area contributed by atoms with Gasteiger partial charge in [0.05, 0.1) is 0 Å². The van der Waals surface area contributed by atoms with Crippen molar-refractivity contribution in [2.24, 2.45) is 0 Å². The van der Waals surface area contributed by atoms with Crippen molar-refractivity contribution in [1.29, 1.82) is 0 Å². The molecule has 1 atom stereocenters. The summed E-state index contributed by atoms with van der Waals surface area (Å²) in [7, 11) is 0. The molecule has 16 heavy (non-hydrogen) atoms. The van der Waals surface area contributed by atoms with Gasteiger partial charge in [-0.15, -0.1) is 11.8 Å². The van der Waals surface area contributed by atoms with Crippen LogP contribution in [0.25, 0.3) is 0 Å². The quantitative estimate of drug-likeness (QED) is 0.804. The molecule has 1 N–H and O–H groups in total. The van der Waals surface area contributed by atoms with Gasteiger partial charge in [-0.3, -0.25) is 4.79 Å². The van der Waals surface area contributed by atoms with Gasteiger partial charge in [0, 0.05) is 25.0 Å². The molecule has 1 aliphatic heterocycles. The molecule has 0 aliphatic carbocycles. The first-order valence-corrected chi connectivity index (χ1v) is 6.17. The van der Waals surface area contributed by atoms with Gasteiger partial charge >= 0.3 is 5.97 Å². The smallest absolute Gasteiger partial charge is 0.318 e. The Kier molecular flexibility index (Phi) is 3.50. The molecule has 0 radical (unpaired) electrons. The van der Waals surface area contributed by atoms with E-state index in [-0.39, 0.29) is 5.28 Å². The number of anilines is 1. The highest BCUT2D eigenvalue weighted by molar-refractivity contribution is 8.00. The number of aromatic nitrogens is 2. The number of carbonyl (C=O) groups is 1. The SMILES string of the molecule is O=C(O)C1CN(c2ccnc(Cl)n2)CCS1. The molecule has 1 aromatic heterocycles. The van der Waals surface area contributed by atoms with Crippen molar-refractivity contribution < 1.29 is 9.90 Å². The summed E-state index contributed by atoms with van der Waals surface area (Å²) in [6.45, 7) is 1.23. The summed E-state index contributed by atoms with van der Waals surface area (Å²) in [6, 6.07) is 1.74. The summed E-state index contributed by atoms with van der Waals surface area (Å²) in [5, 5.41) is 8.73. The molecule has 1 aromatic rings. The van der Waals surface area contributed by atoms with Crippen molar-refractivity contribution in [3.8, 4) is 0 Å². The highest BCUT2D eigenvalue weighted by Gasteiger charge is 2.26. The van der Waals surface area contributed by atoms with E-state index in [4.69, 9.17) is 16.7 Å². The molecule has 2 rings (SSSR count). The average Bonchev–Trinajstić information content (AvgIpc) is 2.29. The molecular formula is C9H10ClN3O2S. The van der Waals surface area contributed by atoms with Crippen molar-refractivity contribution in [1.82, 2.24) is 9.97 Å². The predicted octanol–water partition coefficient (Wildman–Crippen LogP) is 1.14. The summed E-state index contributed by atoms with van der Waals surface area (Å²) in [5.74, 6) is 0.680. The van der Waals surface area contributed by atoms with Crippen molar-refractivity contribution in [3.05, 3.63) is 17.5 Å². The molecule has 5 nitrogen and oxygen atoms in total. The van der Waals surface area contributed by atoms with Crippen LogP contribution in [0.15, 0.2) is 12.3 Å². The van der Waals surface area contributed by atoms with E-state index in [2.05, 4.69) is 9.97 Å². The first-order valence-electron chi connectivity index (χ1n) is 4.75. The maximum Gasteiger partial charge on any atom is 0.318 e. The summed E-state index contributed by atoms with van der Waals surface area (Å²) in [4.78, 5) is 20.7. The van der Waals surface area contributed by atoms with Crippen molar-refractivity contribution in [3.63, 3.8) is 0 Å². The second-order valence-electron chi connectivity index (χ2n) is 3.33. The predicted molar refractivity (Wildman–Crippen MR) is 63.1 cm³/mol. The molecule has 0 amide bonds. The van der Waals surface area contributed by atoms with Gasteiger partial charge in [0.1, 0.15) is 11.1 Å². The lowest BCUT2D eigenvalue weighted by Gasteiger charge is -2.31. The molecule has 0 spiro atoms. The van der Waals surface area contributed by atoms with Crippen LogP contribution in [0.4, 0.5) is 5.82 Å². The zero-order valence-electron chi connectivity index (χ0n) is 8.34. The molecule has 1 saturated heterocycles. The zero-order chi connectivity index (χ0) is 11.5. The van der Waals surface area contributed by atoms with Crippen molar-refractivity contribution in [2.75, 3.05) is 23.7 Å². The molecule has 1 unspecified atom stereocenters. The first-order chi connectivity index (χ1) is 7.66. The first kappa shape index (κ1) is 11.5. The van der Waals surface area contributed by atoms with E-state index in [1.54, 1.807) is 12.3 Å². The highest BCUT2D eigenvalue weighted by Crippen LogP contribution is 2.23. The maximum absolute atomic E-state index is 10.9. The number of aliphatic carboxylic acids is 1. The largest absolute Gasteiger partial charge is 0.480 e. The van der Waals surface area contributed by atoms with Gasteiger partial charge in [0.25, 0.3) is 0 Å². The Bertz CT molecular complexity index is 404. The fraction of sp³-hybridized carbons (Fsp3) is 0.444. The van der Waals surface area contributed by atoms with Crippen LogP contribution in [0.2, 0.25) is 5.28 Å². The molecule has 7 heteroatoms. The average molecular weight is 260 g/mol. The number of carboxylic acid groups (broad SMARTS) is 1. The number of nitrogens with zero attached hydrogens (tertiary/aromatic N) is 3. The third-order valence-corrected chi connectivity index (χ3v) is 3.63. The fourth-order valence-corrected chi connectivity index (χ4v) is 2.69. The van der Waals surface area contributed by atoms with Crippen molar-refractivity contribution in [2.45, 2.75) is 5.25 Å². The number of thioether (sulfide) groups is 1. The lowest BCUT2D eigenvalue weighted by molar-refractivity contribution is -0.136. The zero-order valence-corrected chi connectivity index (χ0v) is 9.91. The highest BCUT2D eigenvalue weighted by atomic mass is 35.5. The normalized spacial score (nSPS) is 20.8.